The standard InChI is InChI=1S/C17H30N6O/c1-17(2,12-18)16(24)23-7-3-4-13(11-23)14-10-15(21-20-14)22-8-5-19-6-9-22/h10,13,19H,3-9,11-12,18H2,1-2H3,(H,20,21). The van der Waals surface area contributed by atoms with Gasteiger partial charge in [-0.15, -0.1) is 0 Å². The third-order valence-corrected chi connectivity index (χ3v) is 5.26. The van der Waals surface area contributed by atoms with Crippen molar-refractivity contribution in [1.82, 2.24) is 20.4 Å². The van der Waals surface area contributed by atoms with Crippen LogP contribution in [0.1, 0.15) is 38.3 Å². The van der Waals surface area contributed by atoms with Crippen molar-refractivity contribution in [3.05, 3.63) is 11.8 Å². The summed E-state index contributed by atoms with van der Waals surface area (Å²) in [6.45, 7) is 9.81. The Morgan fingerprint density at radius 1 is 1.38 bits per heavy atom. The normalized spacial score (nSPS) is 22.7. The fourth-order valence-corrected chi connectivity index (χ4v) is 3.52. The molecule has 4 N–H and O–H groups in total. The summed E-state index contributed by atoms with van der Waals surface area (Å²) >= 11 is 0. The summed E-state index contributed by atoms with van der Waals surface area (Å²) < 4.78 is 0. The summed E-state index contributed by atoms with van der Waals surface area (Å²) in [4.78, 5) is 17.0. The van der Waals surface area contributed by atoms with Crippen LogP contribution in [0.25, 0.3) is 0 Å². The topological polar surface area (TPSA) is 90.3 Å². The average molecular weight is 334 g/mol. The van der Waals surface area contributed by atoms with Crippen LogP contribution >= 0.6 is 0 Å². The Labute approximate surface area is 143 Å². The van der Waals surface area contributed by atoms with Gasteiger partial charge in [0.1, 0.15) is 0 Å². The summed E-state index contributed by atoms with van der Waals surface area (Å²) in [6.07, 6.45) is 2.12. The number of carbonyl (C=O) groups is 1. The van der Waals surface area contributed by atoms with Crippen molar-refractivity contribution in [2.75, 3.05) is 50.7 Å². The van der Waals surface area contributed by atoms with Crippen molar-refractivity contribution in [3.63, 3.8) is 0 Å². The molecule has 24 heavy (non-hydrogen) atoms. The largest absolute Gasteiger partial charge is 0.353 e. The van der Waals surface area contributed by atoms with Gasteiger partial charge in [-0.3, -0.25) is 9.89 Å². The number of rotatable bonds is 4. The number of nitrogens with zero attached hydrogens (tertiary/aromatic N) is 3. The molecule has 7 heteroatoms. The van der Waals surface area contributed by atoms with Gasteiger partial charge in [0.05, 0.1) is 5.41 Å². The lowest BCUT2D eigenvalue weighted by Gasteiger charge is -2.37. The Bertz CT molecular complexity index is 563. The number of hydrogen-bond acceptors (Lipinski definition) is 5. The molecule has 3 heterocycles. The summed E-state index contributed by atoms with van der Waals surface area (Å²) in [7, 11) is 0. The van der Waals surface area contributed by atoms with E-state index in [1.54, 1.807) is 0 Å². The number of anilines is 1. The minimum atomic E-state index is -0.484. The second-order valence-electron chi connectivity index (χ2n) is 7.60. The van der Waals surface area contributed by atoms with Gasteiger partial charge in [-0.05, 0) is 26.7 Å². The fraction of sp³-hybridized carbons (Fsp3) is 0.765. The van der Waals surface area contributed by atoms with Crippen LogP contribution in [0.2, 0.25) is 0 Å². The number of aromatic nitrogens is 2. The van der Waals surface area contributed by atoms with E-state index in [1.807, 2.05) is 18.7 Å². The number of H-pyrrole nitrogens is 1. The van der Waals surface area contributed by atoms with E-state index < -0.39 is 5.41 Å². The van der Waals surface area contributed by atoms with Gasteiger partial charge in [-0.25, -0.2) is 0 Å². The van der Waals surface area contributed by atoms with Crippen LogP contribution in [0, 0.1) is 5.41 Å². The number of nitrogens with two attached hydrogens (primary N) is 1. The van der Waals surface area contributed by atoms with Gasteiger partial charge in [0, 0.05) is 63.5 Å². The van der Waals surface area contributed by atoms with Crippen molar-refractivity contribution in [1.29, 1.82) is 0 Å². The van der Waals surface area contributed by atoms with E-state index in [0.717, 1.165) is 63.6 Å². The zero-order valence-electron chi connectivity index (χ0n) is 14.8. The Morgan fingerprint density at radius 2 is 2.12 bits per heavy atom. The van der Waals surface area contributed by atoms with Crippen molar-refractivity contribution >= 4 is 11.7 Å². The summed E-state index contributed by atoms with van der Waals surface area (Å²) in [5.74, 6) is 1.52. The molecule has 0 bridgehead atoms. The van der Waals surface area contributed by atoms with E-state index in [-0.39, 0.29) is 5.91 Å². The maximum atomic E-state index is 12.7. The molecule has 0 radical (unpaired) electrons. The molecule has 3 rings (SSSR count). The van der Waals surface area contributed by atoms with Crippen LogP contribution < -0.4 is 16.0 Å². The van der Waals surface area contributed by atoms with Crippen molar-refractivity contribution < 1.29 is 4.79 Å². The van der Waals surface area contributed by atoms with E-state index >= 15 is 0 Å². The Morgan fingerprint density at radius 3 is 2.83 bits per heavy atom. The smallest absolute Gasteiger partial charge is 0.229 e. The van der Waals surface area contributed by atoms with E-state index in [0.29, 0.717) is 12.5 Å². The first-order valence-electron chi connectivity index (χ1n) is 9.01. The lowest BCUT2D eigenvalue weighted by molar-refractivity contribution is -0.141. The number of hydrogen-bond donors (Lipinski definition) is 3. The monoisotopic (exact) mass is 334 g/mol. The predicted molar refractivity (Wildman–Crippen MR) is 95.1 cm³/mol. The minimum absolute atomic E-state index is 0.163. The van der Waals surface area contributed by atoms with Crippen LogP contribution in [-0.2, 0) is 4.79 Å². The molecule has 1 aromatic heterocycles. The first kappa shape index (κ1) is 17.2. The molecule has 0 spiro atoms. The zero-order chi connectivity index (χ0) is 17.2. The van der Waals surface area contributed by atoms with Gasteiger partial charge in [0.25, 0.3) is 0 Å². The lowest BCUT2D eigenvalue weighted by atomic mass is 9.88. The number of likely N-dealkylation sites (tertiary alicyclic amines) is 1. The fourth-order valence-electron chi connectivity index (χ4n) is 3.52. The van der Waals surface area contributed by atoms with Crippen molar-refractivity contribution in [2.24, 2.45) is 11.1 Å². The molecule has 2 aliphatic rings. The van der Waals surface area contributed by atoms with E-state index in [9.17, 15) is 4.79 Å². The molecule has 1 unspecified atom stereocenters. The van der Waals surface area contributed by atoms with Crippen LogP contribution in [0.5, 0.6) is 0 Å². The molecule has 1 atom stereocenters. The molecule has 0 saturated carbocycles. The van der Waals surface area contributed by atoms with Crippen molar-refractivity contribution in [3.8, 4) is 0 Å². The highest BCUT2D eigenvalue weighted by atomic mass is 16.2. The maximum Gasteiger partial charge on any atom is 0.229 e. The SMILES string of the molecule is CC(C)(CN)C(=O)N1CCCC(c2cc(N3CCNCC3)n[nH]2)C1. The molecule has 1 aromatic rings. The van der Waals surface area contributed by atoms with Crippen LogP contribution in [0.15, 0.2) is 6.07 Å². The van der Waals surface area contributed by atoms with Crippen LogP contribution in [-0.4, -0.2) is 66.8 Å². The quantitative estimate of drug-likeness (QED) is 0.746. The van der Waals surface area contributed by atoms with Gasteiger partial charge in [0.15, 0.2) is 5.82 Å². The maximum absolute atomic E-state index is 12.7. The predicted octanol–water partition coefficient (Wildman–Crippen LogP) is 0.510. The Kier molecular flexibility index (Phi) is 5.10. The first-order chi connectivity index (χ1) is 11.5. The molecular weight excluding hydrogens is 304 g/mol. The number of piperidine rings is 1. The second-order valence-corrected chi connectivity index (χ2v) is 7.60. The Hall–Kier alpha value is -1.60. The number of amides is 1. The second kappa shape index (κ2) is 7.11. The number of carbonyl (C=O) groups excluding carboxylic acids is 1. The van der Waals surface area contributed by atoms with Crippen LogP contribution in [0.3, 0.4) is 0 Å². The van der Waals surface area contributed by atoms with Crippen LogP contribution in [0.4, 0.5) is 5.82 Å². The third kappa shape index (κ3) is 3.57. The molecule has 2 saturated heterocycles. The lowest BCUT2D eigenvalue weighted by Crippen LogP contribution is -2.48. The van der Waals surface area contributed by atoms with E-state index in [2.05, 4.69) is 26.5 Å². The van der Waals surface area contributed by atoms with Gasteiger partial charge in [-0.1, -0.05) is 0 Å². The molecule has 1 amide bonds. The summed E-state index contributed by atoms with van der Waals surface area (Å²) in [5.41, 5.74) is 6.43. The Balaban J connectivity index is 1.66. The van der Waals surface area contributed by atoms with Gasteiger partial charge >= 0.3 is 0 Å². The molecule has 0 aliphatic carbocycles. The van der Waals surface area contributed by atoms with E-state index in [1.165, 1.54) is 0 Å². The van der Waals surface area contributed by atoms with Gasteiger partial charge < -0.3 is 20.9 Å². The minimum Gasteiger partial charge on any atom is -0.353 e. The van der Waals surface area contributed by atoms with Crippen molar-refractivity contribution in [2.45, 2.75) is 32.6 Å². The highest BCUT2D eigenvalue weighted by Crippen LogP contribution is 2.30. The number of nitrogens with one attached hydrogen (secondary N) is 2. The molecule has 134 valence electrons. The highest BCUT2D eigenvalue weighted by molar-refractivity contribution is 5.82. The molecule has 2 fully saturated rings. The highest BCUT2D eigenvalue weighted by Gasteiger charge is 2.34. The number of piperazine rings is 1. The first-order valence-corrected chi connectivity index (χ1v) is 9.01. The van der Waals surface area contributed by atoms with Gasteiger partial charge in [-0.2, -0.15) is 5.10 Å². The molecular formula is C17H30N6O. The van der Waals surface area contributed by atoms with E-state index in [4.69, 9.17) is 5.73 Å². The molecule has 7 nitrogen and oxygen atoms in total. The molecule has 2 aliphatic heterocycles. The average Bonchev–Trinajstić information content (AvgIpc) is 3.12. The van der Waals surface area contributed by atoms with Gasteiger partial charge in [0.2, 0.25) is 5.91 Å². The summed E-state index contributed by atoms with van der Waals surface area (Å²) in [5, 5.41) is 11.1. The third-order valence-electron chi connectivity index (χ3n) is 5.26. The summed E-state index contributed by atoms with van der Waals surface area (Å²) in [6, 6.07) is 2.16. The number of aromatic amines is 1. The zero-order valence-corrected chi connectivity index (χ0v) is 14.8. The molecule has 0 aromatic carbocycles.